The second-order valence-corrected chi connectivity index (χ2v) is 11.0. The summed E-state index contributed by atoms with van der Waals surface area (Å²) in [6.07, 6.45) is 4.70. The normalized spacial score (nSPS) is 13.9. The smallest absolute Gasteiger partial charge is 0.264 e. The summed E-state index contributed by atoms with van der Waals surface area (Å²) in [7, 11) is -2.68. The quantitative estimate of drug-likeness (QED) is 0.378. The Bertz CT molecular complexity index is 1300. The number of nitrogens with one attached hydrogen (secondary N) is 1. The average Bonchev–Trinajstić information content (AvgIpc) is 3.37. The van der Waals surface area contributed by atoms with Gasteiger partial charge in [0.05, 0.1) is 23.8 Å². The third-order valence-electron chi connectivity index (χ3n) is 6.05. The van der Waals surface area contributed by atoms with Gasteiger partial charge in [-0.2, -0.15) is 0 Å². The van der Waals surface area contributed by atoms with Gasteiger partial charge in [0.15, 0.2) is 0 Å². The van der Waals surface area contributed by atoms with E-state index in [0.717, 1.165) is 28.5 Å². The Balaban J connectivity index is 1.57. The molecule has 1 fully saturated rings. The van der Waals surface area contributed by atoms with Crippen molar-refractivity contribution >= 4 is 38.9 Å². The van der Waals surface area contributed by atoms with Crippen molar-refractivity contribution in [1.82, 2.24) is 0 Å². The molecule has 1 aliphatic rings. The van der Waals surface area contributed by atoms with E-state index >= 15 is 0 Å². The van der Waals surface area contributed by atoms with Gasteiger partial charge in [-0.3, -0.25) is 9.10 Å². The van der Waals surface area contributed by atoms with Crippen molar-refractivity contribution in [3.63, 3.8) is 0 Å². The fourth-order valence-electron chi connectivity index (χ4n) is 4.14. The molecule has 3 aromatic rings. The number of aryl methyl sites for hydroxylation is 1. The van der Waals surface area contributed by atoms with Gasteiger partial charge in [-0.05, 0) is 87.2 Å². The maximum Gasteiger partial charge on any atom is 0.264 e. The zero-order chi connectivity index (χ0) is 25.7. The van der Waals surface area contributed by atoms with E-state index in [0.29, 0.717) is 10.7 Å². The van der Waals surface area contributed by atoms with Crippen molar-refractivity contribution in [2.75, 3.05) is 23.3 Å². The van der Waals surface area contributed by atoms with E-state index in [-0.39, 0.29) is 22.4 Å². The van der Waals surface area contributed by atoms with Crippen LogP contribution in [-0.4, -0.2) is 34.1 Å². The first-order chi connectivity index (χ1) is 17.3. The van der Waals surface area contributed by atoms with Crippen LogP contribution < -0.4 is 19.1 Å². The zero-order valence-corrected chi connectivity index (χ0v) is 21.8. The van der Waals surface area contributed by atoms with Crippen molar-refractivity contribution < 1.29 is 22.7 Å². The molecule has 1 N–H and O–H groups in total. The minimum absolute atomic E-state index is 0.0522. The van der Waals surface area contributed by atoms with Crippen molar-refractivity contribution in [2.45, 2.75) is 43.6 Å². The maximum atomic E-state index is 13.7. The molecule has 9 heteroatoms. The summed E-state index contributed by atoms with van der Waals surface area (Å²) >= 11 is 6.19. The molecule has 1 aliphatic carbocycles. The number of carbonyl (C=O) groups is 1. The summed E-state index contributed by atoms with van der Waals surface area (Å²) in [5.41, 5.74) is 1.62. The van der Waals surface area contributed by atoms with E-state index < -0.39 is 22.5 Å². The second-order valence-electron chi connectivity index (χ2n) is 8.74. The number of nitrogens with zero attached hydrogens (tertiary/aromatic N) is 1. The van der Waals surface area contributed by atoms with E-state index in [1.165, 1.54) is 38.2 Å². The predicted octanol–water partition coefficient (Wildman–Crippen LogP) is 5.81. The number of methoxy groups -OCH3 is 1. The monoisotopic (exact) mass is 528 g/mol. The molecule has 0 saturated heterocycles. The lowest BCUT2D eigenvalue weighted by Gasteiger charge is -2.26. The molecule has 190 valence electrons. The summed E-state index contributed by atoms with van der Waals surface area (Å²) in [4.78, 5) is 13.1. The fourth-order valence-corrected chi connectivity index (χ4v) is 5.73. The number of sulfonamides is 1. The molecule has 0 unspecified atom stereocenters. The Morgan fingerprint density at radius 2 is 1.69 bits per heavy atom. The lowest BCUT2D eigenvalue weighted by Crippen LogP contribution is -2.38. The minimum Gasteiger partial charge on any atom is -0.495 e. The van der Waals surface area contributed by atoms with Crippen LogP contribution in [0.4, 0.5) is 11.4 Å². The molecule has 0 aromatic heterocycles. The van der Waals surface area contributed by atoms with Crippen molar-refractivity contribution in [3.8, 4) is 11.5 Å². The summed E-state index contributed by atoms with van der Waals surface area (Å²) in [5.74, 6) is 0.501. The number of rotatable bonds is 9. The molecule has 7 nitrogen and oxygen atoms in total. The molecule has 36 heavy (non-hydrogen) atoms. The van der Waals surface area contributed by atoms with Crippen LogP contribution in [0.25, 0.3) is 0 Å². The molecule has 0 spiro atoms. The van der Waals surface area contributed by atoms with E-state index in [1.54, 1.807) is 48.5 Å². The fraction of sp³-hybridized carbons (Fsp3) is 0.296. The first kappa shape index (κ1) is 25.9. The molecule has 0 atom stereocenters. The molecular formula is C27H29ClN2O5S. The van der Waals surface area contributed by atoms with Gasteiger partial charge in [-0.15, -0.1) is 0 Å². The number of hydrogen-bond acceptors (Lipinski definition) is 5. The summed E-state index contributed by atoms with van der Waals surface area (Å²) in [6, 6.07) is 18.1. The SMILES string of the molecule is COc1ccc(Cl)cc1N(CC(=O)Nc1ccc(OC2CCCC2)cc1)S(=O)(=O)c1ccc(C)cc1. The van der Waals surface area contributed by atoms with Gasteiger partial charge in [0.2, 0.25) is 5.91 Å². The Morgan fingerprint density at radius 3 is 2.33 bits per heavy atom. The summed E-state index contributed by atoms with van der Waals surface area (Å²) in [5, 5.41) is 3.09. The van der Waals surface area contributed by atoms with Gasteiger partial charge in [0, 0.05) is 10.7 Å². The van der Waals surface area contributed by atoms with Gasteiger partial charge < -0.3 is 14.8 Å². The van der Waals surface area contributed by atoms with Gasteiger partial charge >= 0.3 is 0 Å². The molecule has 0 aliphatic heterocycles. The van der Waals surface area contributed by atoms with E-state index in [4.69, 9.17) is 21.1 Å². The van der Waals surface area contributed by atoms with Gasteiger partial charge in [-0.1, -0.05) is 29.3 Å². The van der Waals surface area contributed by atoms with Crippen LogP contribution >= 0.6 is 11.6 Å². The van der Waals surface area contributed by atoms with Crippen LogP contribution in [0.2, 0.25) is 5.02 Å². The van der Waals surface area contributed by atoms with Crippen LogP contribution in [0.5, 0.6) is 11.5 Å². The number of hydrogen-bond donors (Lipinski definition) is 1. The number of halogens is 1. The number of amides is 1. The van der Waals surface area contributed by atoms with Gasteiger partial charge in [0.25, 0.3) is 10.0 Å². The molecule has 3 aromatic carbocycles. The molecular weight excluding hydrogens is 500 g/mol. The number of anilines is 2. The van der Waals surface area contributed by atoms with E-state index in [1.807, 2.05) is 6.92 Å². The first-order valence-corrected chi connectivity index (χ1v) is 13.6. The van der Waals surface area contributed by atoms with Gasteiger partial charge in [0.1, 0.15) is 18.0 Å². The number of carbonyl (C=O) groups excluding carboxylic acids is 1. The number of ether oxygens (including phenoxy) is 2. The highest BCUT2D eigenvalue weighted by atomic mass is 35.5. The lowest BCUT2D eigenvalue weighted by atomic mass is 10.2. The molecule has 4 rings (SSSR count). The van der Waals surface area contributed by atoms with Crippen LogP contribution in [0.15, 0.2) is 71.6 Å². The standard InChI is InChI=1S/C27H29ClN2O5S/c1-19-7-14-24(15-8-19)36(32,33)30(25-17-20(28)9-16-26(25)34-2)18-27(31)29-21-10-12-23(13-11-21)35-22-5-3-4-6-22/h7-17,22H,3-6,18H2,1-2H3,(H,29,31). The van der Waals surface area contributed by atoms with Crippen molar-refractivity contribution in [2.24, 2.45) is 0 Å². The number of benzene rings is 3. The topological polar surface area (TPSA) is 84.9 Å². The molecule has 0 heterocycles. The van der Waals surface area contributed by atoms with Crippen LogP contribution in [0.3, 0.4) is 0 Å². The highest BCUT2D eigenvalue weighted by Crippen LogP contribution is 2.35. The van der Waals surface area contributed by atoms with Gasteiger partial charge in [-0.25, -0.2) is 8.42 Å². The summed E-state index contributed by atoms with van der Waals surface area (Å²) in [6.45, 7) is 1.39. The largest absolute Gasteiger partial charge is 0.495 e. The van der Waals surface area contributed by atoms with Crippen LogP contribution in [-0.2, 0) is 14.8 Å². The van der Waals surface area contributed by atoms with Crippen molar-refractivity contribution in [3.05, 3.63) is 77.3 Å². The highest BCUT2D eigenvalue weighted by Gasteiger charge is 2.30. The maximum absolute atomic E-state index is 13.7. The van der Waals surface area contributed by atoms with Crippen molar-refractivity contribution in [1.29, 1.82) is 0 Å². The molecule has 0 radical (unpaired) electrons. The Labute approximate surface area is 217 Å². The van der Waals surface area contributed by atoms with E-state index in [2.05, 4.69) is 5.32 Å². The Kier molecular flexibility index (Phi) is 8.06. The zero-order valence-electron chi connectivity index (χ0n) is 20.2. The molecule has 0 bridgehead atoms. The highest BCUT2D eigenvalue weighted by molar-refractivity contribution is 7.92. The molecule has 1 amide bonds. The third kappa shape index (κ3) is 6.12. The first-order valence-electron chi connectivity index (χ1n) is 11.8. The minimum atomic E-state index is -4.11. The predicted molar refractivity (Wildman–Crippen MR) is 142 cm³/mol. The summed E-state index contributed by atoms with van der Waals surface area (Å²) < 4.78 is 39.7. The van der Waals surface area contributed by atoms with E-state index in [9.17, 15) is 13.2 Å². The third-order valence-corrected chi connectivity index (χ3v) is 8.06. The average molecular weight is 529 g/mol. The van der Waals surface area contributed by atoms with Crippen LogP contribution in [0.1, 0.15) is 31.2 Å². The lowest BCUT2D eigenvalue weighted by molar-refractivity contribution is -0.114. The molecule has 1 saturated carbocycles. The van der Waals surface area contributed by atoms with Crippen LogP contribution in [0, 0.1) is 6.92 Å². The Morgan fingerprint density at radius 1 is 1.03 bits per heavy atom. The Hall–Kier alpha value is -3.23. The second kappa shape index (κ2) is 11.2.